The predicted octanol–water partition coefficient (Wildman–Crippen LogP) is 2.88. The van der Waals surface area contributed by atoms with Gasteiger partial charge in [0.05, 0.1) is 11.4 Å². The van der Waals surface area contributed by atoms with E-state index in [1.54, 1.807) is 20.0 Å². The number of halogens is 1. The first-order valence-electron chi connectivity index (χ1n) is 6.79. The van der Waals surface area contributed by atoms with Crippen molar-refractivity contribution in [3.8, 4) is 0 Å². The number of likely N-dealkylation sites (N-methyl/N-ethyl adjacent to an activating group) is 1. The number of amides is 1. The Morgan fingerprint density at radius 3 is 2.65 bits per heavy atom. The number of aryl methyl sites for hydroxylation is 1. The van der Waals surface area contributed by atoms with Crippen molar-refractivity contribution in [3.63, 3.8) is 0 Å². The zero-order chi connectivity index (χ0) is 17.4. The third-order valence-electron chi connectivity index (χ3n) is 3.46. The second kappa shape index (κ2) is 6.29. The van der Waals surface area contributed by atoms with E-state index in [4.69, 9.17) is 11.6 Å². The maximum atomic E-state index is 12.5. The summed E-state index contributed by atoms with van der Waals surface area (Å²) in [6, 6.07) is 1.64. The van der Waals surface area contributed by atoms with Gasteiger partial charge in [-0.3, -0.25) is 4.79 Å². The second-order valence-corrected chi connectivity index (χ2v) is 7.42. The van der Waals surface area contributed by atoms with Crippen LogP contribution < -0.4 is 0 Å². The van der Waals surface area contributed by atoms with Gasteiger partial charge in [0.15, 0.2) is 4.47 Å². The van der Waals surface area contributed by atoms with Gasteiger partial charge in [-0.05, 0) is 13.0 Å². The van der Waals surface area contributed by atoms with Gasteiger partial charge in [0, 0.05) is 25.2 Å². The molecule has 0 bridgehead atoms. The fraction of sp³-hybridized carbons (Fsp3) is 0.429. The summed E-state index contributed by atoms with van der Waals surface area (Å²) in [6.45, 7) is 5.77. The first-order valence-corrected chi connectivity index (χ1v) is 7.99. The molecule has 1 amide bonds. The van der Waals surface area contributed by atoms with Crippen molar-refractivity contribution in [2.75, 3.05) is 13.6 Å². The summed E-state index contributed by atoms with van der Waals surface area (Å²) in [5.74, 6) is -0.193. The largest absolute Gasteiger partial charge is 0.463 e. The molecule has 0 spiro atoms. The molecule has 0 fully saturated rings. The molecule has 2 aromatic rings. The lowest BCUT2D eigenvalue weighted by Gasteiger charge is -2.30. The van der Waals surface area contributed by atoms with E-state index in [2.05, 4.69) is 10.1 Å². The summed E-state index contributed by atoms with van der Waals surface area (Å²) in [6.07, 6.45) is 0.275. The van der Waals surface area contributed by atoms with Crippen molar-refractivity contribution in [3.05, 3.63) is 33.0 Å². The van der Waals surface area contributed by atoms with E-state index in [-0.39, 0.29) is 5.91 Å². The van der Waals surface area contributed by atoms with Gasteiger partial charge in [-0.15, -0.1) is 0 Å². The number of rotatable bonds is 4. The lowest BCUT2D eigenvalue weighted by atomic mass is 9.88. The first-order chi connectivity index (χ1) is 10.6. The van der Waals surface area contributed by atoms with Gasteiger partial charge in [-0.2, -0.15) is 9.78 Å². The van der Waals surface area contributed by atoms with Gasteiger partial charge in [0.1, 0.15) is 4.88 Å². The van der Waals surface area contributed by atoms with E-state index in [9.17, 15) is 14.7 Å². The molecule has 2 rings (SSSR count). The smallest absolute Gasteiger partial charge is 0.432 e. The molecule has 9 heteroatoms. The Bertz CT molecular complexity index is 753. The van der Waals surface area contributed by atoms with Crippen LogP contribution in [-0.4, -0.2) is 50.4 Å². The molecule has 2 heterocycles. The predicted molar refractivity (Wildman–Crippen MR) is 87.5 cm³/mol. The topological polar surface area (TPSA) is 88.3 Å². The molecule has 0 aliphatic carbocycles. The van der Waals surface area contributed by atoms with Crippen LogP contribution in [0, 0.1) is 6.92 Å². The molecule has 0 saturated heterocycles. The van der Waals surface area contributed by atoms with Crippen LogP contribution in [0.2, 0.25) is 4.47 Å². The van der Waals surface area contributed by atoms with Crippen molar-refractivity contribution in [2.24, 2.45) is 0 Å². The molecule has 0 aromatic carbocycles. The standard InChI is InChI=1S/C14H17ClN4O3S/c1-8-10(23-12(15)17-8)11(20)18(4)7-14(2,3)9-5-6-16-19(9)13(21)22/h5-6H,7H2,1-4H3,(H,21,22). The zero-order valence-electron chi connectivity index (χ0n) is 13.2. The fourth-order valence-corrected chi connectivity index (χ4v) is 3.59. The number of carboxylic acid groups (broad SMARTS) is 1. The minimum Gasteiger partial charge on any atom is -0.463 e. The minimum atomic E-state index is -1.16. The van der Waals surface area contributed by atoms with Gasteiger partial charge in [-0.25, -0.2) is 9.78 Å². The number of hydrogen-bond acceptors (Lipinski definition) is 5. The van der Waals surface area contributed by atoms with Gasteiger partial charge in [0.25, 0.3) is 5.91 Å². The van der Waals surface area contributed by atoms with Crippen molar-refractivity contribution in [2.45, 2.75) is 26.2 Å². The van der Waals surface area contributed by atoms with Crippen molar-refractivity contribution >= 4 is 34.9 Å². The molecule has 1 N–H and O–H groups in total. The van der Waals surface area contributed by atoms with Crippen LogP contribution in [0.1, 0.15) is 34.9 Å². The fourth-order valence-electron chi connectivity index (χ4n) is 2.45. The Morgan fingerprint density at radius 2 is 2.13 bits per heavy atom. The number of carbonyl (C=O) groups is 2. The molecule has 2 aromatic heterocycles. The molecular formula is C14H17ClN4O3S. The van der Waals surface area contributed by atoms with Crippen molar-refractivity contribution in [1.82, 2.24) is 19.7 Å². The monoisotopic (exact) mass is 356 g/mol. The SMILES string of the molecule is Cc1nc(Cl)sc1C(=O)N(C)CC(C)(C)c1ccnn1C(=O)O. The highest BCUT2D eigenvalue weighted by atomic mass is 35.5. The van der Waals surface area contributed by atoms with Crippen LogP contribution in [-0.2, 0) is 5.41 Å². The molecule has 0 aliphatic rings. The van der Waals surface area contributed by atoms with Crippen LogP contribution >= 0.6 is 22.9 Å². The van der Waals surface area contributed by atoms with Crippen LogP contribution in [0.15, 0.2) is 12.3 Å². The Labute approximate surface area is 142 Å². The van der Waals surface area contributed by atoms with Crippen molar-refractivity contribution in [1.29, 1.82) is 0 Å². The van der Waals surface area contributed by atoms with Gasteiger partial charge < -0.3 is 10.0 Å². The molecule has 0 unspecified atom stereocenters. The number of carbonyl (C=O) groups excluding carboxylic acids is 1. The summed E-state index contributed by atoms with van der Waals surface area (Å²) in [7, 11) is 1.67. The van der Waals surface area contributed by atoms with E-state index in [0.717, 1.165) is 16.0 Å². The second-order valence-electron chi connectivity index (χ2n) is 5.84. The molecule has 7 nitrogen and oxygen atoms in total. The highest BCUT2D eigenvalue weighted by Gasteiger charge is 2.31. The van der Waals surface area contributed by atoms with Crippen LogP contribution in [0.4, 0.5) is 4.79 Å². The van der Waals surface area contributed by atoms with E-state index in [1.165, 1.54) is 11.1 Å². The molecule has 23 heavy (non-hydrogen) atoms. The number of thiazole rings is 1. The molecule has 0 radical (unpaired) electrons. The lowest BCUT2D eigenvalue weighted by Crippen LogP contribution is -2.40. The molecular weight excluding hydrogens is 340 g/mol. The van der Waals surface area contributed by atoms with Crippen molar-refractivity contribution < 1.29 is 14.7 Å². The number of aromatic nitrogens is 3. The Hall–Kier alpha value is -1.93. The van der Waals surface area contributed by atoms with E-state index in [0.29, 0.717) is 27.3 Å². The lowest BCUT2D eigenvalue weighted by molar-refractivity contribution is 0.0769. The maximum absolute atomic E-state index is 12.5. The van der Waals surface area contributed by atoms with E-state index >= 15 is 0 Å². The summed E-state index contributed by atoms with van der Waals surface area (Å²) < 4.78 is 1.25. The summed E-state index contributed by atoms with van der Waals surface area (Å²) in [4.78, 5) is 29.8. The Kier molecular flexibility index (Phi) is 4.76. The van der Waals surface area contributed by atoms with E-state index < -0.39 is 11.5 Å². The molecule has 0 aliphatic heterocycles. The highest BCUT2D eigenvalue weighted by molar-refractivity contribution is 7.17. The Balaban J connectivity index is 2.22. The average Bonchev–Trinajstić information content (AvgIpc) is 3.04. The minimum absolute atomic E-state index is 0.193. The van der Waals surface area contributed by atoms with Gasteiger partial charge in [0.2, 0.25) is 0 Å². The van der Waals surface area contributed by atoms with Crippen LogP contribution in [0.5, 0.6) is 0 Å². The normalized spacial score (nSPS) is 11.5. The Morgan fingerprint density at radius 1 is 1.48 bits per heavy atom. The highest BCUT2D eigenvalue weighted by Crippen LogP contribution is 2.27. The number of nitrogens with zero attached hydrogens (tertiary/aromatic N) is 4. The quantitative estimate of drug-likeness (QED) is 0.909. The van der Waals surface area contributed by atoms with Gasteiger partial charge in [-0.1, -0.05) is 36.8 Å². The summed E-state index contributed by atoms with van der Waals surface area (Å²) in [5.41, 5.74) is 0.510. The molecule has 0 saturated carbocycles. The summed E-state index contributed by atoms with van der Waals surface area (Å²) >= 11 is 6.98. The average molecular weight is 357 g/mol. The van der Waals surface area contributed by atoms with E-state index in [1.807, 2.05) is 13.8 Å². The number of hydrogen-bond donors (Lipinski definition) is 1. The third kappa shape index (κ3) is 3.53. The zero-order valence-corrected chi connectivity index (χ0v) is 14.8. The molecule has 0 atom stereocenters. The first kappa shape index (κ1) is 17.4. The summed E-state index contributed by atoms with van der Waals surface area (Å²) in [5, 5.41) is 13.0. The third-order valence-corrected chi connectivity index (χ3v) is 4.71. The van der Waals surface area contributed by atoms with Gasteiger partial charge >= 0.3 is 6.09 Å². The maximum Gasteiger partial charge on any atom is 0.432 e. The van der Waals surface area contributed by atoms with Crippen LogP contribution in [0.25, 0.3) is 0 Å². The molecule has 124 valence electrons. The van der Waals surface area contributed by atoms with Crippen LogP contribution in [0.3, 0.4) is 0 Å².